The van der Waals surface area contributed by atoms with Gasteiger partial charge in [-0.15, -0.1) is 0 Å². The maximum absolute atomic E-state index is 13.6. The predicted molar refractivity (Wildman–Crippen MR) is 135 cm³/mol. The maximum atomic E-state index is 13.6. The first-order chi connectivity index (χ1) is 15.6. The zero-order valence-corrected chi connectivity index (χ0v) is 21.8. The van der Waals surface area contributed by atoms with Crippen LogP contribution in [-0.4, -0.2) is 64.5 Å². The Balaban J connectivity index is 2.26. The van der Waals surface area contributed by atoms with Crippen LogP contribution in [0.3, 0.4) is 0 Å². The average molecular weight is 462 g/mol. The van der Waals surface area contributed by atoms with Crippen LogP contribution in [0.2, 0.25) is 0 Å². The molecule has 1 aliphatic carbocycles. The van der Waals surface area contributed by atoms with Gasteiger partial charge in [-0.2, -0.15) is 0 Å². The number of amides is 1. The summed E-state index contributed by atoms with van der Waals surface area (Å²) in [4.78, 5) is 29.5. The number of carbonyl (C=O) groups is 2. The van der Waals surface area contributed by atoms with E-state index in [0.717, 1.165) is 50.8 Å². The summed E-state index contributed by atoms with van der Waals surface area (Å²) < 4.78 is 0. The van der Waals surface area contributed by atoms with Gasteiger partial charge in [0.2, 0.25) is 5.91 Å². The molecule has 1 heterocycles. The van der Waals surface area contributed by atoms with E-state index < -0.39 is 5.97 Å². The Bertz CT molecular complexity index is 711. The van der Waals surface area contributed by atoms with Gasteiger partial charge in [-0.25, -0.2) is 4.79 Å². The third-order valence-electron chi connectivity index (χ3n) is 7.87. The summed E-state index contributed by atoms with van der Waals surface area (Å²) in [5.74, 6) is -0.190. The minimum absolute atomic E-state index is 0.0780. The van der Waals surface area contributed by atoms with Gasteiger partial charge in [0.05, 0.1) is 12.1 Å². The Hall–Kier alpha value is -1.82. The van der Waals surface area contributed by atoms with E-state index in [-0.39, 0.29) is 30.0 Å². The number of hydrogen-bond acceptors (Lipinski definition) is 4. The molecular formula is C27H47N3O3. The van der Waals surface area contributed by atoms with Crippen LogP contribution >= 0.6 is 0 Å². The molecule has 33 heavy (non-hydrogen) atoms. The molecule has 0 aromatic heterocycles. The Labute approximate surface area is 201 Å². The van der Waals surface area contributed by atoms with E-state index in [1.165, 1.54) is 12.8 Å². The van der Waals surface area contributed by atoms with Gasteiger partial charge in [0, 0.05) is 30.4 Å². The lowest BCUT2D eigenvalue weighted by Gasteiger charge is -2.41. The largest absolute Gasteiger partial charge is 0.478 e. The van der Waals surface area contributed by atoms with Crippen molar-refractivity contribution >= 4 is 11.9 Å². The predicted octanol–water partition coefficient (Wildman–Crippen LogP) is 4.82. The first-order valence-electron chi connectivity index (χ1n) is 13.0. The first-order valence-corrected chi connectivity index (χ1v) is 13.0. The molecule has 6 heteroatoms. The van der Waals surface area contributed by atoms with E-state index in [9.17, 15) is 14.7 Å². The third-order valence-corrected chi connectivity index (χ3v) is 7.87. The zero-order valence-electron chi connectivity index (χ0n) is 21.8. The van der Waals surface area contributed by atoms with Crippen molar-refractivity contribution < 1.29 is 14.7 Å². The molecule has 2 aliphatic rings. The highest BCUT2D eigenvalue weighted by Gasteiger charge is 2.36. The highest BCUT2D eigenvalue weighted by molar-refractivity contribution is 5.86. The van der Waals surface area contributed by atoms with Crippen molar-refractivity contribution in [1.82, 2.24) is 15.1 Å². The molecule has 2 N–H and O–H groups in total. The van der Waals surface area contributed by atoms with Crippen molar-refractivity contribution in [3.05, 3.63) is 23.9 Å². The molecule has 1 saturated carbocycles. The number of nitrogens with zero attached hydrogens (tertiary/aromatic N) is 2. The van der Waals surface area contributed by atoms with Crippen LogP contribution in [0.5, 0.6) is 0 Å². The van der Waals surface area contributed by atoms with Gasteiger partial charge in [-0.05, 0) is 64.3 Å². The van der Waals surface area contributed by atoms with Crippen molar-refractivity contribution in [2.45, 2.75) is 110 Å². The molecule has 0 aromatic rings. The summed E-state index contributed by atoms with van der Waals surface area (Å²) in [5.41, 5.74) is 1.22. The molecule has 4 atom stereocenters. The van der Waals surface area contributed by atoms with Gasteiger partial charge >= 0.3 is 5.97 Å². The maximum Gasteiger partial charge on any atom is 0.331 e. The molecule has 1 amide bonds. The fraction of sp³-hybridized carbons (Fsp3) is 0.778. The van der Waals surface area contributed by atoms with Gasteiger partial charge in [0.1, 0.15) is 0 Å². The molecule has 188 valence electrons. The molecule has 0 radical (unpaired) electrons. The summed E-state index contributed by atoms with van der Waals surface area (Å²) in [6, 6.07) is 0.100. The van der Waals surface area contributed by atoms with Gasteiger partial charge in [0.15, 0.2) is 0 Å². The Morgan fingerprint density at radius 2 is 1.76 bits per heavy atom. The lowest BCUT2D eigenvalue weighted by Crippen LogP contribution is -2.56. The molecule has 0 aromatic carbocycles. The van der Waals surface area contributed by atoms with Crippen LogP contribution in [0.4, 0.5) is 0 Å². The van der Waals surface area contributed by atoms with E-state index in [4.69, 9.17) is 0 Å². The molecule has 1 saturated heterocycles. The number of nitrogens with one attached hydrogen (secondary N) is 1. The number of piperidine rings is 1. The minimum Gasteiger partial charge on any atom is -0.478 e. The second-order valence-corrected chi connectivity index (χ2v) is 10.5. The lowest BCUT2D eigenvalue weighted by atomic mass is 9.91. The van der Waals surface area contributed by atoms with Gasteiger partial charge in [-0.3, -0.25) is 9.69 Å². The van der Waals surface area contributed by atoms with Gasteiger partial charge < -0.3 is 15.3 Å². The molecule has 3 unspecified atom stereocenters. The second-order valence-electron chi connectivity index (χ2n) is 10.5. The lowest BCUT2D eigenvalue weighted by molar-refractivity contribution is -0.132. The Morgan fingerprint density at radius 3 is 2.30 bits per heavy atom. The molecule has 0 spiro atoms. The highest BCUT2D eigenvalue weighted by Crippen LogP contribution is 2.33. The van der Waals surface area contributed by atoms with Crippen molar-refractivity contribution in [2.24, 2.45) is 11.8 Å². The number of likely N-dealkylation sites (tertiary alicyclic amines) is 1. The first kappa shape index (κ1) is 27.4. The number of carboxylic acid groups (broad SMARTS) is 1. The summed E-state index contributed by atoms with van der Waals surface area (Å²) in [5, 5.41) is 12.8. The van der Waals surface area contributed by atoms with E-state index >= 15 is 0 Å². The van der Waals surface area contributed by atoms with Crippen LogP contribution in [0, 0.1) is 11.8 Å². The van der Waals surface area contributed by atoms with Crippen LogP contribution in [0.1, 0.15) is 86.0 Å². The second kappa shape index (κ2) is 12.6. The third kappa shape index (κ3) is 7.08. The van der Waals surface area contributed by atoms with E-state index in [2.05, 4.69) is 49.4 Å². The van der Waals surface area contributed by atoms with Crippen molar-refractivity contribution in [3.8, 4) is 0 Å². The van der Waals surface area contributed by atoms with Crippen LogP contribution < -0.4 is 5.32 Å². The molecule has 1 aliphatic heterocycles. The fourth-order valence-electron chi connectivity index (χ4n) is 5.50. The Morgan fingerprint density at radius 1 is 1.15 bits per heavy atom. The number of rotatable bonds is 11. The number of likely N-dealkylation sites (N-methyl/N-ethyl adjacent to an activating group) is 1. The smallest absolute Gasteiger partial charge is 0.331 e. The monoisotopic (exact) mass is 461 g/mol. The standard InChI is InChI=1S/C27H47N3O3/c1-8-20(5)30-16-12-11-15-23(30)26(31)28-25(22-13-9-10-14-22)21(6)29(7)24(18(2)3)17-19(4)27(32)33/h17-18,20,22-25H,6,8-16H2,1-5,7H3,(H,28,31)(H,32,33)/b19-17+/t20?,23?,24-,25?/m1/s1. The van der Waals surface area contributed by atoms with Crippen molar-refractivity contribution in [2.75, 3.05) is 13.6 Å². The van der Waals surface area contributed by atoms with Crippen molar-refractivity contribution in [1.29, 1.82) is 0 Å². The Kier molecular flexibility index (Phi) is 10.5. The van der Waals surface area contributed by atoms with E-state index in [1.54, 1.807) is 6.92 Å². The molecule has 0 bridgehead atoms. The molecule has 6 nitrogen and oxygen atoms in total. The van der Waals surface area contributed by atoms with Crippen molar-refractivity contribution in [3.63, 3.8) is 0 Å². The molecular weight excluding hydrogens is 414 g/mol. The minimum atomic E-state index is -0.900. The SMILES string of the molecule is C=C(C(NC(=O)C1CCCCN1C(C)CC)C1CCCC1)N(C)[C@H](/C=C(\C)C(=O)O)C(C)C. The summed E-state index contributed by atoms with van der Waals surface area (Å²) >= 11 is 0. The zero-order chi connectivity index (χ0) is 24.7. The number of hydrogen-bond donors (Lipinski definition) is 2. The van der Waals surface area contributed by atoms with Gasteiger partial charge in [-0.1, -0.05) is 52.7 Å². The van der Waals surface area contributed by atoms with E-state index in [1.807, 2.05) is 13.1 Å². The van der Waals surface area contributed by atoms with E-state index in [0.29, 0.717) is 17.5 Å². The topological polar surface area (TPSA) is 72.9 Å². The van der Waals surface area contributed by atoms with Crippen LogP contribution in [-0.2, 0) is 9.59 Å². The number of aliphatic carboxylic acids is 1. The van der Waals surface area contributed by atoms with Crippen LogP contribution in [0.25, 0.3) is 0 Å². The fourth-order valence-corrected chi connectivity index (χ4v) is 5.50. The molecule has 2 fully saturated rings. The normalized spacial score (nSPS) is 23.2. The molecule has 2 rings (SSSR count). The summed E-state index contributed by atoms with van der Waals surface area (Å²) in [7, 11) is 1.98. The summed E-state index contributed by atoms with van der Waals surface area (Å²) in [6.45, 7) is 15.7. The number of carboxylic acids is 1. The number of carbonyl (C=O) groups excluding carboxylic acids is 1. The van der Waals surface area contributed by atoms with Crippen LogP contribution in [0.15, 0.2) is 23.9 Å². The summed E-state index contributed by atoms with van der Waals surface area (Å²) in [6.07, 6.45) is 10.6. The van der Waals surface area contributed by atoms with Gasteiger partial charge in [0.25, 0.3) is 0 Å². The average Bonchev–Trinajstić information content (AvgIpc) is 3.33. The highest BCUT2D eigenvalue weighted by atomic mass is 16.4. The quantitative estimate of drug-likeness (QED) is 0.432.